The third kappa shape index (κ3) is 5.02. The second kappa shape index (κ2) is 11.1. The molecule has 5 aromatic carbocycles. The lowest BCUT2D eigenvalue weighted by Gasteiger charge is -2.35. The zero-order valence-electron chi connectivity index (χ0n) is 27.2. The van der Waals surface area contributed by atoms with Gasteiger partial charge in [-0.3, -0.25) is 0 Å². The van der Waals surface area contributed by atoms with Crippen LogP contribution in [0.1, 0.15) is 91.7 Å². The van der Waals surface area contributed by atoms with Crippen LogP contribution < -0.4 is 0 Å². The minimum absolute atomic E-state index is 0.285. The van der Waals surface area contributed by atoms with Crippen LogP contribution in [0.5, 0.6) is 0 Å². The third-order valence-corrected chi connectivity index (χ3v) is 10.4. The van der Waals surface area contributed by atoms with Gasteiger partial charge in [0.2, 0.25) is 0 Å². The minimum atomic E-state index is -0.285. The highest BCUT2D eigenvalue weighted by Crippen LogP contribution is 2.44. The van der Waals surface area contributed by atoms with Crippen LogP contribution in [0, 0.1) is 55.4 Å². The van der Waals surface area contributed by atoms with Crippen LogP contribution in [0.4, 0.5) is 0 Å². The molecule has 0 aliphatic carbocycles. The van der Waals surface area contributed by atoms with Gasteiger partial charge in [0.15, 0.2) is 0 Å². The molecule has 0 saturated carbocycles. The van der Waals surface area contributed by atoms with Gasteiger partial charge in [-0.25, -0.2) is 0 Å². The van der Waals surface area contributed by atoms with Gasteiger partial charge in [-0.1, -0.05) is 97.1 Å². The van der Waals surface area contributed by atoms with Crippen LogP contribution in [0.15, 0.2) is 97.1 Å². The first-order valence-electron chi connectivity index (χ1n) is 15.3. The Labute approximate surface area is 254 Å². The first-order chi connectivity index (χ1) is 19.8. The number of hydrogen-bond acceptors (Lipinski definition) is 0. The molecule has 42 heavy (non-hydrogen) atoms. The molecule has 0 aliphatic heterocycles. The highest BCUT2D eigenvalue weighted by Gasteiger charge is 2.35. The average Bonchev–Trinajstić information content (AvgIpc) is 2.98. The second-order valence-corrected chi connectivity index (χ2v) is 13.0. The van der Waals surface area contributed by atoms with Gasteiger partial charge < -0.3 is 0 Å². The van der Waals surface area contributed by atoms with Gasteiger partial charge in [0, 0.05) is 10.8 Å². The molecule has 0 spiro atoms. The highest BCUT2D eigenvalue weighted by molar-refractivity contribution is 5.56. The monoisotopic (exact) mass is 550 g/mol. The van der Waals surface area contributed by atoms with Gasteiger partial charge in [-0.05, 0) is 147 Å². The molecule has 0 heteroatoms. The summed E-state index contributed by atoms with van der Waals surface area (Å²) in [4.78, 5) is 0. The van der Waals surface area contributed by atoms with Crippen molar-refractivity contribution in [1.82, 2.24) is 0 Å². The first-order valence-corrected chi connectivity index (χ1v) is 15.3. The molecular formula is C42H46. The van der Waals surface area contributed by atoms with Gasteiger partial charge in [0.05, 0.1) is 0 Å². The van der Waals surface area contributed by atoms with E-state index < -0.39 is 0 Å². The molecule has 0 radical (unpaired) electrons. The summed E-state index contributed by atoms with van der Waals surface area (Å²) < 4.78 is 0. The van der Waals surface area contributed by atoms with Gasteiger partial charge >= 0.3 is 0 Å². The van der Waals surface area contributed by atoms with E-state index in [1.165, 1.54) is 77.9 Å². The van der Waals surface area contributed by atoms with Gasteiger partial charge in [0.25, 0.3) is 0 Å². The van der Waals surface area contributed by atoms with Crippen LogP contribution >= 0.6 is 0 Å². The van der Waals surface area contributed by atoms with Gasteiger partial charge in [-0.2, -0.15) is 0 Å². The summed E-state index contributed by atoms with van der Waals surface area (Å²) in [5, 5.41) is 0. The Kier molecular flexibility index (Phi) is 7.80. The zero-order valence-corrected chi connectivity index (χ0v) is 27.2. The molecule has 0 nitrogen and oxygen atoms in total. The normalized spacial score (nSPS) is 12.0. The average molecular weight is 551 g/mol. The summed E-state index contributed by atoms with van der Waals surface area (Å²) >= 11 is 0. The van der Waals surface area contributed by atoms with E-state index in [0.717, 1.165) is 0 Å². The quantitative estimate of drug-likeness (QED) is 0.184. The molecule has 0 heterocycles. The lowest BCUT2D eigenvalue weighted by atomic mass is 9.67. The lowest BCUT2D eigenvalue weighted by molar-refractivity contribution is 0.675. The molecule has 0 bridgehead atoms. The highest BCUT2D eigenvalue weighted by atomic mass is 14.4. The Morgan fingerprint density at radius 1 is 0.262 bits per heavy atom. The van der Waals surface area contributed by atoms with Crippen molar-refractivity contribution >= 4 is 0 Å². The molecule has 0 amide bonds. The topological polar surface area (TPSA) is 0 Å². The molecule has 214 valence electrons. The summed E-state index contributed by atoms with van der Waals surface area (Å²) in [5.74, 6) is 0. The maximum atomic E-state index is 2.39. The van der Waals surface area contributed by atoms with E-state index in [9.17, 15) is 0 Å². The lowest BCUT2D eigenvalue weighted by Crippen LogP contribution is -2.28. The maximum absolute atomic E-state index is 2.39. The van der Waals surface area contributed by atoms with Crippen LogP contribution in [0.25, 0.3) is 0 Å². The van der Waals surface area contributed by atoms with Gasteiger partial charge in [-0.15, -0.1) is 0 Å². The summed E-state index contributed by atoms with van der Waals surface area (Å²) in [6.45, 7) is 22.5. The van der Waals surface area contributed by atoms with Crippen molar-refractivity contribution in [3.05, 3.63) is 175 Å². The fourth-order valence-electron chi connectivity index (χ4n) is 6.35. The molecule has 5 rings (SSSR count). The predicted molar refractivity (Wildman–Crippen MR) is 181 cm³/mol. The zero-order chi connectivity index (χ0) is 30.4. The predicted octanol–water partition coefficient (Wildman–Crippen LogP) is 10.9. The minimum Gasteiger partial charge on any atom is -0.0587 e. The van der Waals surface area contributed by atoms with E-state index in [4.69, 9.17) is 0 Å². The number of aryl methyl sites for hydroxylation is 8. The summed E-state index contributed by atoms with van der Waals surface area (Å²) in [6, 6.07) is 37.4. The Morgan fingerprint density at radius 3 is 0.643 bits per heavy atom. The molecule has 5 aromatic rings. The molecule has 0 aromatic heterocycles. The fraction of sp³-hybridized carbons (Fsp3) is 0.286. The van der Waals surface area contributed by atoms with E-state index in [-0.39, 0.29) is 10.8 Å². The summed E-state index contributed by atoms with van der Waals surface area (Å²) in [7, 11) is 0. The Bertz CT molecular complexity index is 1530. The van der Waals surface area contributed by atoms with Gasteiger partial charge in [0.1, 0.15) is 0 Å². The number of rotatable bonds is 6. The van der Waals surface area contributed by atoms with Crippen molar-refractivity contribution in [3.63, 3.8) is 0 Å². The molecule has 0 atom stereocenters. The standard InChI is InChI=1S/C42H46/c1-27-11-15-37(23-31(27)5)41(9,38-16-12-28(2)32(6)24-38)35-19-21-36(22-20-35)42(10,39-17-13-29(3)33(7)25-39)40-18-14-30(4)34(8)26-40/h11-26H,1-10H3. The van der Waals surface area contributed by atoms with Crippen molar-refractivity contribution in [3.8, 4) is 0 Å². The fourth-order valence-corrected chi connectivity index (χ4v) is 6.35. The van der Waals surface area contributed by atoms with E-state index in [1.807, 2.05) is 0 Å². The van der Waals surface area contributed by atoms with Crippen molar-refractivity contribution in [2.75, 3.05) is 0 Å². The molecule has 0 saturated heterocycles. The van der Waals surface area contributed by atoms with Crippen LogP contribution in [-0.2, 0) is 10.8 Å². The van der Waals surface area contributed by atoms with Crippen molar-refractivity contribution in [2.24, 2.45) is 0 Å². The first kappa shape index (κ1) is 29.6. The summed E-state index contributed by atoms with van der Waals surface area (Å²) in [6.07, 6.45) is 0. The van der Waals surface area contributed by atoms with E-state index in [0.29, 0.717) is 0 Å². The molecule has 0 unspecified atom stereocenters. The Morgan fingerprint density at radius 2 is 0.452 bits per heavy atom. The molecule has 0 aliphatic rings. The molecule has 0 N–H and O–H groups in total. The van der Waals surface area contributed by atoms with Crippen molar-refractivity contribution < 1.29 is 0 Å². The van der Waals surface area contributed by atoms with E-state index in [1.54, 1.807) is 0 Å². The van der Waals surface area contributed by atoms with Crippen LogP contribution in [0.3, 0.4) is 0 Å². The third-order valence-electron chi connectivity index (χ3n) is 10.4. The van der Waals surface area contributed by atoms with E-state index >= 15 is 0 Å². The van der Waals surface area contributed by atoms with Crippen LogP contribution in [-0.4, -0.2) is 0 Å². The molecular weight excluding hydrogens is 504 g/mol. The van der Waals surface area contributed by atoms with E-state index in [2.05, 4.69) is 166 Å². The Hall–Kier alpha value is -3.90. The smallest absolute Gasteiger partial charge is 0.0423 e. The number of benzene rings is 5. The van der Waals surface area contributed by atoms with Crippen molar-refractivity contribution in [2.45, 2.75) is 80.1 Å². The second-order valence-electron chi connectivity index (χ2n) is 13.0. The van der Waals surface area contributed by atoms with Crippen LogP contribution in [0.2, 0.25) is 0 Å². The Balaban J connectivity index is 1.72. The summed E-state index contributed by atoms with van der Waals surface area (Å²) in [5.41, 5.74) is 18.0. The molecule has 0 fully saturated rings. The largest absolute Gasteiger partial charge is 0.0587 e. The SMILES string of the molecule is Cc1ccc(C(C)(c2ccc(C(C)(c3ccc(C)c(C)c3)c3ccc(C)c(C)c3)cc2)c2ccc(C)c(C)c2)cc1C. The van der Waals surface area contributed by atoms with Crippen molar-refractivity contribution in [1.29, 1.82) is 0 Å². The maximum Gasteiger partial charge on any atom is 0.0423 e. The number of hydrogen-bond donors (Lipinski definition) is 0.